The molecule has 4 heteroatoms. The number of aromatic hydroxyl groups is 1. The number of hydrogen-bond acceptors (Lipinski definition) is 4. The number of carbonyl (C=O) groups is 1. The second-order valence-electron chi connectivity index (χ2n) is 8.83. The van der Waals surface area contributed by atoms with Crippen molar-refractivity contribution in [2.24, 2.45) is 11.3 Å². The monoisotopic (exact) mass is 344 g/mol. The number of rotatable bonds is 1. The van der Waals surface area contributed by atoms with E-state index in [2.05, 4.69) is 20.8 Å². The number of esters is 1. The average molecular weight is 344 g/mol. The molecule has 0 aromatic heterocycles. The van der Waals surface area contributed by atoms with Gasteiger partial charge in [-0.3, -0.25) is 0 Å². The van der Waals surface area contributed by atoms with Gasteiger partial charge in [-0.25, -0.2) is 4.79 Å². The molecule has 2 aliphatic carbocycles. The molecule has 1 aromatic rings. The summed E-state index contributed by atoms with van der Waals surface area (Å²) in [6, 6.07) is 0. The fraction of sp³-hybridized carbons (Fsp3) is 0.667. The summed E-state index contributed by atoms with van der Waals surface area (Å²) in [5.74, 6) is 0.981. The summed E-state index contributed by atoms with van der Waals surface area (Å²) >= 11 is 0. The molecule has 1 fully saturated rings. The van der Waals surface area contributed by atoms with Crippen LogP contribution in [0.15, 0.2) is 0 Å². The topological polar surface area (TPSA) is 55.8 Å². The van der Waals surface area contributed by atoms with Crippen molar-refractivity contribution in [1.82, 2.24) is 0 Å². The lowest BCUT2D eigenvalue weighted by molar-refractivity contribution is 0.0368. The van der Waals surface area contributed by atoms with Crippen LogP contribution >= 0.6 is 0 Å². The minimum absolute atomic E-state index is 0.126. The van der Waals surface area contributed by atoms with Crippen molar-refractivity contribution in [3.8, 4) is 11.5 Å². The normalized spacial score (nSPS) is 29.9. The lowest BCUT2D eigenvalue weighted by atomic mass is 9.50. The molecule has 2 atom stereocenters. The predicted octanol–water partition coefficient (Wildman–Crippen LogP) is 4.14. The van der Waals surface area contributed by atoms with Crippen molar-refractivity contribution < 1.29 is 19.4 Å². The summed E-state index contributed by atoms with van der Waals surface area (Å²) < 4.78 is 10.9. The molecule has 1 N–H and O–H groups in total. The largest absolute Gasteiger partial charge is 0.504 e. The molecule has 0 radical (unpaired) electrons. The third kappa shape index (κ3) is 2.15. The summed E-state index contributed by atoms with van der Waals surface area (Å²) in [4.78, 5) is 12.6. The number of carbonyl (C=O) groups excluding carboxylic acids is 1. The number of phenolic OH excluding ortho intramolecular Hbond substituents is 1. The fourth-order valence-corrected chi connectivity index (χ4v) is 6.13. The molecule has 3 aliphatic rings. The molecule has 2 unspecified atom stereocenters. The van der Waals surface area contributed by atoms with E-state index in [-0.39, 0.29) is 22.5 Å². The molecule has 4 nitrogen and oxygen atoms in total. The van der Waals surface area contributed by atoms with Crippen LogP contribution in [0.5, 0.6) is 11.5 Å². The summed E-state index contributed by atoms with van der Waals surface area (Å²) in [5, 5.41) is 11.2. The minimum atomic E-state index is -0.257. The number of methoxy groups -OCH3 is 1. The van der Waals surface area contributed by atoms with Gasteiger partial charge < -0.3 is 14.6 Å². The van der Waals surface area contributed by atoms with Crippen LogP contribution < -0.4 is 4.74 Å². The zero-order valence-electron chi connectivity index (χ0n) is 15.7. The number of cyclic esters (lactones) is 1. The Kier molecular flexibility index (Phi) is 3.61. The molecule has 1 aliphatic heterocycles. The number of fused-ring (bicyclic) bond motifs is 5. The van der Waals surface area contributed by atoms with Gasteiger partial charge in [-0.05, 0) is 48.0 Å². The van der Waals surface area contributed by atoms with Crippen LogP contribution in [0.3, 0.4) is 0 Å². The van der Waals surface area contributed by atoms with Crippen LogP contribution in [0, 0.1) is 11.3 Å². The molecule has 0 spiro atoms. The molecule has 1 heterocycles. The Balaban J connectivity index is 2.02. The van der Waals surface area contributed by atoms with Crippen LogP contribution in [0.2, 0.25) is 0 Å². The highest BCUT2D eigenvalue weighted by molar-refractivity contribution is 5.96. The van der Waals surface area contributed by atoms with Crippen molar-refractivity contribution >= 4 is 5.97 Å². The third-order valence-corrected chi connectivity index (χ3v) is 7.11. The lowest BCUT2D eigenvalue weighted by Gasteiger charge is -2.54. The summed E-state index contributed by atoms with van der Waals surface area (Å²) in [5.41, 5.74) is 3.56. The Morgan fingerprint density at radius 1 is 1.16 bits per heavy atom. The summed E-state index contributed by atoms with van der Waals surface area (Å²) in [7, 11) is 1.58. The predicted molar refractivity (Wildman–Crippen MR) is 95.4 cm³/mol. The van der Waals surface area contributed by atoms with E-state index in [1.807, 2.05) is 0 Å². The van der Waals surface area contributed by atoms with Gasteiger partial charge in [0, 0.05) is 17.5 Å². The van der Waals surface area contributed by atoms with E-state index >= 15 is 0 Å². The smallest absolute Gasteiger partial charge is 0.338 e. The van der Waals surface area contributed by atoms with Crippen molar-refractivity contribution in [2.75, 3.05) is 13.7 Å². The highest BCUT2D eigenvalue weighted by atomic mass is 16.5. The van der Waals surface area contributed by atoms with Gasteiger partial charge in [0.15, 0.2) is 11.5 Å². The Morgan fingerprint density at radius 3 is 2.64 bits per heavy atom. The quantitative estimate of drug-likeness (QED) is 0.778. The highest BCUT2D eigenvalue weighted by Gasteiger charge is 2.52. The zero-order chi connectivity index (χ0) is 18.0. The molecule has 136 valence electrons. The second-order valence-corrected chi connectivity index (χ2v) is 8.83. The zero-order valence-corrected chi connectivity index (χ0v) is 15.7. The van der Waals surface area contributed by atoms with Crippen molar-refractivity contribution in [3.63, 3.8) is 0 Å². The summed E-state index contributed by atoms with van der Waals surface area (Å²) in [6.07, 6.45) is 5.89. The number of phenols is 1. The second kappa shape index (κ2) is 5.39. The molecule has 25 heavy (non-hydrogen) atoms. The molecular weight excluding hydrogens is 316 g/mol. The molecule has 1 saturated carbocycles. The van der Waals surface area contributed by atoms with Crippen LogP contribution in [0.4, 0.5) is 0 Å². The van der Waals surface area contributed by atoms with Crippen molar-refractivity contribution in [3.05, 3.63) is 22.3 Å². The van der Waals surface area contributed by atoms with E-state index in [9.17, 15) is 9.90 Å². The van der Waals surface area contributed by atoms with Crippen LogP contribution in [0.1, 0.15) is 73.5 Å². The standard InChI is InChI=1S/C21H28O4/c1-20(2)9-5-10-21(3)14(20)7-6-12-15-13(8-11-25-19(15)23)18(24-4)17(22)16(12)21/h14,22H,5-11H2,1-4H3. The molecule has 0 amide bonds. The number of ether oxygens (including phenoxy) is 2. The molecule has 4 rings (SSSR count). The van der Waals surface area contributed by atoms with Gasteiger partial charge in [0.2, 0.25) is 0 Å². The van der Waals surface area contributed by atoms with Gasteiger partial charge in [-0.2, -0.15) is 0 Å². The minimum Gasteiger partial charge on any atom is -0.504 e. The summed E-state index contributed by atoms with van der Waals surface area (Å²) in [6.45, 7) is 7.33. The van der Waals surface area contributed by atoms with Gasteiger partial charge in [0.1, 0.15) is 0 Å². The van der Waals surface area contributed by atoms with Crippen molar-refractivity contribution in [2.45, 2.75) is 64.7 Å². The Morgan fingerprint density at radius 2 is 1.92 bits per heavy atom. The SMILES string of the molecule is COc1c(O)c2c(c3c1CCOC3=O)CCC1C(C)(C)CCCC21C. The van der Waals surface area contributed by atoms with E-state index < -0.39 is 0 Å². The maximum Gasteiger partial charge on any atom is 0.338 e. The van der Waals surface area contributed by atoms with E-state index in [0.717, 1.165) is 42.4 Å². The number of benzene rings is 1. The first-order valence-electron chi connectivity index (χ1n) is 9.43. The third-order valence-electron chi connectivity index (χ3n) is 7.11. The van der Waals surface area contributed by atoms with Crippen molar-refractivity contribution in [1.29, 1.82) is 0 Å². The van der Waals surface area contributed by atoms with Gasteiger partial charge in [-0.15, -0.1) is 0 Å². The average Bonchev–Trinajstić information content (AvgIpc) is 2.53. The van der Waals surface area contributed by atoms with Crippen LogP contribution in [0.25, 0.3) is 0 Å². The first kappa shape index (κ1) is 16.7. The van der Waals surface area contributed by atoms with E-state index in [1.165, 1.54) is 6.42 Å². The Bertz CT molecular complexity index is 749. The first-order chi connectivity index (χ1) is 11.8. The van der Waals surface area contributed by atoms with Gasteiger partial charge in [0.25, 0.3) is 0 Å². The Hall–Kier alpha value is -1.71. The fourth-order valence-electron chi connectivity index (χ4n) is 6.13. The maximum atomic E-state index is 12.6. The van der Waals surface area contributed by atoms with Crippen LogP contribution in [-0.4, -0.2) is 24.8 Å². The van der Waals surface area contributed by atoms with Gasteiger partial charge in [-0.1, -0.05) is 27.2 Å². The van der Waals surface area contributed by atoms with Gasteiger partial charge >= 0.3 is 5.97 Å². The number of hydrogen-bond donors (Lipinski definition) is 1. The molecule has 0 saturated heterocycles. The van der Waals surface area contributed by atoms with E-state index in [0.29, 0.717) is 30.3 Å². The van der Waals surface area contributed by atoms with Gasteiger partial charge in [0.05, 0.1) is 19.3 Å². The molecular formula is C21H28O4. The maximum absolute atomic E-state index is 12.6. The highest BCUT2D eigenvalue weighted by Crippen LogP contribution is 2.61. The first-order valence-corrected chi connectivity index (χ1v) is 9.43. The van der Waals surface area contributed by atoms with Crippen LogP contribution in [-0.2, 0) is 23.0 Å². The van der Waals surface area contributed by atoms with E-state index in [4.69, 9.17) is 9.47 Å². The Labute approximate surface area is 149 Å². The lowest BCUT2D eigenvalue weighted by Crippen LogP contribution is -2.48. The molecule has 1 aromatic carbocycles. The molecule has 0 bridgehead atoms. The van der Waals surface area contributed by atoms with E-state index in [1.54, 1.807) is 7.11 Å².